The van der Waals surface area contributed by atoms with Crippen molar-refractivity contribution in [1.82, 2.24) is 4.98 Å². The van der Waals surface area contributed by atoms with E-state index in [1.807, 2.05) is 6.07 Å². The van der Waals surface area contributed by atoms with Crippen molar-refractivity contribution in [2.24, 2.45) is 0 Å². The van der Waals surface area contributed by atoms with Crippen LogP contribution in [0.15, 0.2) is 38.2 Å². The Kier molecular flexibility index (Phi) is 5.12. The molecular formula is C13H7Br2N3O2S. The molecule has 0 bridgehead atoms. The predicted octanol–water partition coefficient (Wildman–Crippen LogP) is 3.92. The molecule has 1 aromatic carbocycles. The Morgan fingerprint density at radius 1 is 1.43 bits per heavy atom. The molecule has 1 amide bonds. The first kappa shape index (κ1) is 15.7. The van der Waals surface area contributed by atoms with Crippen molar-refractivity contribution in [3.8, 4) is 11.8 Å². The predicted molar refractivity (Wildman–Crippen MR) is 87.8 cm³/mol. The number of aromatic nitrogens is 1. The van der Waals surface area contributed by atoms with Crippen molar-refractivity contribution in [1.29, 1.82) is 5.26 Å². The summed E-state index contributed by atoms with van der Waals surface area (Å²) in [5.74, 6) is -0.481. The third-order valence-corrected chi connectivity index (χ3v) is 4.27. The van der Waals surface area contributed by atoms with E-state index in [9.17, 15) is 9.90 Å². The fourth-order valence-electron chi connectivity index (χ4n) is 1.43. The van der Waals surface area contributed by atoms with Crippen LogP contribution in [0.1, 0.15) is 5.56 Å². The van der Waals surface area contributed by atoms with Crippen LogP contribution in [0.2, 0.25) is 0 Å². The number of amides is 1. The van der Waals surface area contributed by atoms with E-state index in [1.165, 1.54) is 17.4 Å². The Labute approximate surface area is 141 Å². The molecule has 1 aromatic heterocycles. The number of carbonyl (C=O) groups excluding carboxylic acids is 1. The number of carbonyl (C=O) groups is 1. The molecule has 106 valence electrons. The minimum absolute atomic E-state index is 0.0536. The van der Waals surface area contributed by atoms with Crippen molar-refractivity contribution >= 4 is 60.3 Å². The van der Waals surface area contributed by atoms with Gasteiger partial charge in [-0.25, -0.2) is 4.98 Å². The summed E-state index contributed by atoms with van der Waals surface area (Å²) in [5, 5.41) is 23.4. The van der Waals surface area contributed by atoms with E-state index in [2.05, 4.69) is 42.2 Å². The van der Waals surface area contributed by atoms with Crippen molar-refractivity contribution < 1.29 is 9.90 Å². The molecule has 2 rings (SSSR count). The van der Waals surface area contributed by atoms with Gasteiger partial charge in [-0.05, 0) is 55.6 Å². The first-order valence-electron chi connectivity index (χ1n) is 5.52. The molecule has 0 aliphatic heterocycles. The molecule has 8 heteroatoms. The maximum atomic E-state index is 12.0. The first-order valence-corrected chi connectivity index (χ1v) is 7.98. The Balaban J connectivity index is 2.29. The molecule has 0 fully saturated rings. The minimum Gasteiger partial charge on any atom is -0.506 e. The molecule has 0 saturated heterocycles. The van der Waals surface area contributed by atoms with Gasteiger partial charge in [0.25, 0.3) is 5.91 Å². The lowest BCUT2D eigenvalue weighted by Crippen LogP contribution is -2.13. The maximum absolute atomic E-state index is 12.0. The van der Waals surface area contributed by atoms with E-state index >= 15 is 0 Å². The second-order valence-electron chi connectivity index (χ2n) is 3.79. The van der Waals surface area contributed by atoms with Gasteiger partial charge in [-0.1, -0.05) is 0 Å². The summed E-state index contributed by atoms with van der Waals surface area (Å²) in [6.07, 6.45) is 2.99. The normalized spacial score (nSPS) is 11.0. The summed E-state index contributed by atoms with van der Waals surface area (Å²) in [7, 11) is 0. The summed E-state index contributed by atoms with van der Waals surface area (Å²) in [5.41, 5.74) is 0.534. The minimum atomic E-state index is -0.534. The lowest BCUT2D eigenvalue weighted by Gasteiger charge is -2.04. The topological polar surface area (TPSA) is 86.0 Å². The van der Waals surface area contributed by atoms with E-state index in [0.717, 1.165) is 0 Å². The zero-order chi connectivity index (χ0) is 15.4. The van der Waals surface area contributed by atoms with Crippen LogP contribution in [0, 0.1) is 11.3 Å². The van der Waals surface area contributed by atoms with E-state index in [4.69, 9.17) is 5.26 Å². The smallest absolute Gasteiger partial charge is 0.268 e. The van der Waals surface area contributed by atoms with E-state index in [-0.39, 0.29) is 11.3 Å². The van der Waals surface area contributed by atoms with Gasteiger partial charge in [0.2, 0.25) is 0 Å². The molecule has 1 heterocycles. The number of thiazole rings is 1. The molecule has 0 aliphatic carbocycles. The van der Waals surface area contributed by atoms with Gasteiger partial charge >= 0.3 is 0 Å². The molecule has 21 heavy (non-hydrogen) atoms. The monoisotopic (exact) mass is 427 g/mol. The van der Waals surface area contributed by atoms with Gasteiger partial charge in [-0.3, -0.25) is 10.1 Å². The van der Waals surface area contributed by atoms with Crippen molar-refractivity contribution in [3.63, 3.8) is 0 Å². The fraction of sp³-hybridized carbons (Fsp3) is 0. The average Bonchev–Trinajstić information content (AvgIpc) is 2.94. The third-order valence-electron chi connectivity index (χ3n) is 2.37. The highest BCUT2D eigenvalue weighted by Gasteiger charge is 2.12. The fourth-order valence-corrected chi connectivity index (χ4v) is 3.18. The lowest BCUT2D eigenvalue weighted by atomic mass is 10.1. The van der Waals surface area contributed by atoms with Gasteiger partial charge < -0.3 is 5.11 Å². The van der Waals surface area contributed by atoms with Gasteiger partial charge in [-0.15, -0.1) is 11.3 Å². The number of aromatic hydroxyl groups is 1. The van der Waals surface area contributed by atoms with Gasteiger partial charge in [0.05, 0.1) is 8.95 Å². The molecule has 0 atom stereocenters. The van der Waals surface area contributed by atoms with Crippen LogP contribution in [0.3, 0.4) is 0 Å². The molecule has 2 N–H and O–H groups in total. The molecule has 2 aromatic rings. The number of rotatable bonds is 3. The lowest BCUT2D eigenvalue weighted by molar-refractivity contribution is -0.112. The first-order chi connectivity index (χ1) is 10.0. The Morgan fingerprint density at radius 2 is 2.10 bits per heavy atom. The summed E-state index contributed by atoms with van der Waals surface area (Å²) in [6.45, 7) is 0. The number of phenolic OH excluding ortho intramolecular Hbond substituents is 1. The molecule has 0 radical (unpaired) electrons. The highest BCUT2D eigenvalue weighted by Crippen LogP contribution is 2.34. The Hall–Kier alpha value is -1.69. The maximum Gasteiger partial charge on any atom is 0.268 e. The molecule has 0 unspecified atom stereocenters. The van der Waals surface area contributed by atoms with Gasteiger partial charge in [0.15, 0.2) is 5.13 Å². The average molecular weight is 429 g/mol. The highest BCUT2D eigenvalue weighted by molar-refractivity contribution is 9.11. The number of halogens is 2. The molecule has 5 nitrogen and oxygen atoms in total. The van der Waals surface area contributed by atoms with E-state index in [1.54, 1.807) is 23.7 Å². The van der Waals surface area contributed by atoms with Gasteiger partial charge in [-0.2, -0.15) is 5.26 Å². The van der Waals surface area contributed by atoms with E-state index < -0.39 is 5.91 Å². The zero-order valence-corrected chi connectivity index (χ0v) is 14.3. The van der Waals surface area contributed by atoms with Crippen LogP contribution in [-0.2, 0) is 4.79 Å². The van der Waals surface area contributed by atoms with Gasteiger partial charge in [0.1, 0.15) is 17.4 Å². The summed E-state index contributed by atoms with van der Waals surface area (Å²) in [6, 6.07) is 5.06. The summed E-state index contributed by atoms with van der Waals surface area (Å²) >= 11 is 7.65. The quantitative estimate of drug-likeness (QED) is 0.573. The van der Waals surface area contributed by atoms with Crippen molar-refractivity contribution in [2.45, 2.75) is 0 Å². The SMILES string of the molecule is N#C/C(=C\c1cc(Br)c(O)c(Br)c1)C(=O)Nc1nccs1. The number of nitriles is 1. The van der Waals surface area contributed by atoms with Crippen LogP contribution < -0.4 is 5.32 Å². The largest absolute Gasteiger partial charge is 0.506 e. The number of phenols is 1. The van der Waals surface area contributed by atoms with Gasteiger partial charge in [0, 0.05) is 11.6 Å². The number of hydrogen-bond donors (Lipinski definition) is 2. The number of anilines is 1. The number of benzene rings is 1. The highest BCUT2D eigenvalue weighted by atomic mass is 79.9. The zero-order valence-electron chi connectivity index (χ0n) is 10.3. The van der Waals surface area contributed by atoms with Crippen LogP contribution in [0.25, 0.3) is 6.08 Å². The molecule has 0 spiro atoms. The second-order valence-corrected chi connectivity index (χ2v) is 6.40. The molecule has 0 aliphatic rings. The third kappa shape index (κ3) is 3.91. The Morgan fingerprint density at radius 3 is 2.62 bits per heavy atom. The van der Waals surface area contributed by atoms with E-state index in [0.29, 0.717) is 19.6 Å². The second kappa shape index (κ2) is 6.85. The van der Waals surface area contributed by atoms with Crippen LogP contribution >= 0.6 is 43.2 Å². The number of nitrogens with one attached hydrogen (secondary N) is 1. The van der Waals surface area contributed by atoms with Crippen LogP contribution in [0.4, 0.5) is 5.13 Å². The van der Waals surface area contributed by atoms with Crippen molar-refractivity contribution in [2.75, 3.05) is 5.32 Å². The summed E-state index contributed by atoms with van der Waals surface area (Å²) < 4.78 is 0.918. The summed E-state index contributed by atoms with van der Waals surface area (Å²) in [4.78, 5) is 15.9. The molecular weight excluding hydrogens is 422 g/mol. The standard InChI is InChI=1S/C13H7Br2N3O2S/c14-9-4-7(5-10(15)11(9)19)3-8(6-16)12(20)18-13-17-1-2-21-13/h1-5,19H,(H,17,18,20)/b8-3+. The van der Waals surface area contributed by atoms with Crippen molar-refractivity contribution in [3.05, 3.63) is 43.8 Å². The van der Waals surface area contributed by atoms with Crippen LogP contribution in [0.5, 0.6) is 5.75 Å². The molecule has 0 saturated carbocycles. The number of hydrogen-bond acceptors (Lipinski definition) is 5. The van der Waals surface area contributed by atoms with Crippen LogP contribution in [-0.4, -0.2) is 16.0 Å². The number of nitrogens with zero attached hydrogens (tertiary/aromatic N) is 2. The Bertz CT molecular complexity index is 728.